The van der Waals surface area contributed by atoms with Crippen molar-refractivity contribution < 1.29 is 19.3 Å². The lowest BCUT2D eigenvalue weighted by molar-refractivity contribution is -1.01. The van der Waals surface area contributed by atoms with E-state index in [1.165, 1.54) is 14.6 Å². The molecule has 152 valence electrons. The Morgan fingerprint density at radius 3 is 2.59 bits per heavy atom. The van der Waals surface area contributed by atoms with Gasteiger partial charge in [0.2, 0.25) is 0 Å². The molecule has 1 aliphatic rings. The summed E-state index contributed by atoms with van der Waals surface area (Å²) in [5.41, 5.74) is 1.85. The molecule has 0 radical (unpaired) electrons. The van der Waals surface area contributed by atoms with Crippen molar-refractivity contribution in [2.24, 2.45) is 0 Å². The summed E-state index contributed by atoms with van der Waals surface area (Å²) in [4.78, 5) is 20.2. The molecule has 3 N–H and O–H groups in total. The molecule has 7 heteroatoms. The highest BCUT2D eigenvalue weighted by atomic mass is 32.1. The van der Waals surface area contributed by atoms with Crippen molar-refractivity contribution in [3.63, 3.8) is 0 Å². The number of benzene rings is 2. The first-order valence-electron chi connectivity index (χ1n) is 10.2. The molecule has 2 aromatic carbocycles. The largest absolute Gasteiger partial charge is 0.492 e. The average Bonchev–Trinajstić information content (AvgIpc) is 3.13. The minimum absolute atomic E-state index is 0.0433. The van der Waals surface area contributed by atoms with Gasteiger partial charge in [0.15, 0.2) is 6.54 Å². The molecular formula is C22H28N4O2S+2. The molecular weight excluding hydrogens is 384 g/mol. The number of amides is 1. The molecule has 0 saturated carbocycles. The van der Waals surface area contributed by atoms with Crippen LogP contribution in [0.1, 0.15) is 11.9 Å². The number of thiazole rings is 1. The molecule has 0 bridgehead atoms. The highest BCUT2D eigenvalue weighted by Crippen LogP contribution is 2.23. The highest BCUT2D eigenvalue weighted by molar-refractivity contribution is 7.18. The molecule has 1 aromatic heterocycles. The van der Waals surface area contributed by atoms with Gasteiger partial charge in [-0.1, -0.05) is 24.3 Å². The van der Waals surface area contributed by atoms with E-state index in [1.807, 2.05) is 37.3 Å². The van der Waals surface area contributed by atoms with Crippen LogP contribution < -0.4 is 19.9 Å². The van der Waals surface area contributed by atoms with E-state index in [2.05, 4.69) is 23.5 Å². The molecule has 0 spiro atoms. The number of quaternary nitrogens is 2. The van der Waals surface area contributed by atoms with Gasteiger partial charge in [-0.3, -0.25) is 4.79 Å². The number of fused-ring (bicyclic) bond motifs is 1. The van der Waals surface area contributed by atoms with Gasteiger partial charge >= 0.3 is 0 Å². The Kier molecular flexibility index (Phi) is 6.39. The van der Waals surface area contributed by atoms with Crippen LogP contribution in [0.2, 0.25) is 0 Å². The van der Waals surface area contributed by atoms with Gasteiger partial charge in [0.1, 0.15) is 43.5 Å². The SMILES string of the molecule is CCOc1ccccc1NC(=O)C[NH+]1CC[NH+](Cc2nc3ccccc3s2)CC1. The van der Waals surface area contributed by atoms with Crippen LogP contribution in [-0.2, 0) is 11.3 Å². The van der Waals surface area contributed by atoms with Crippen molar-refractivity contribution in [1.29, 1.82) is 0 Å². The molecule has 3 aromatic rings. The van der Waals surface area contributed by atoms with Gasteiger partial charge in [-0.15, -0.1) is 11.3 Å². The van der Waals surface area contributed by atoms with Gasteiger partial charge in [-0.2, -0.15) is 0 Å². The zero-order valence-corrected chi connectivity index (χ0v) is 17.6. The number of para-hydroxylation sites is 3. The molecule has 0 aliphatic carbocycles. The lowest BCUT2D eigenvalue weighted by atomic mass is 10.2. The fourth-order valence-electron chi connectivity index (χ4n) is 3.79. The van der Waals surface area contributed by atoms with E-state index >= 15 is 0 Å². The molecule has 6 nitrogen and oxygen atoms in total. The van der Waals surface area contributed by atoms with Gasteiger partial charge in [0.25, 0.3) is 5.91 Å². The maximum absolute atomic E-state index is 12.5. The Morgan fingerprint density at radius 1 is 1.07 bits per heavy atom. The van der Waals surface area contributed by atoms with Crippen LogP contribution in [0, 0.1) is 0 Å². The molecule has 0 atom stereocenters. The monoisotopic (exact) mass is 412 g/mol. The summed E-state index contributed by atoms with van der Waals surface area (Å²) in [6, 6.07) is 15.9. The first kappa shape index (κ1) is 19.8. The quantitative estimate of drug-likeness (QED) is 0.533. The van der Waals surface area contributed by atoms with E-state index in [9.17, 15) is 4.79 Å². The normalized spacial score (nSPS) is 19.2. The highest BCUT2D eigenvalue weighted by Gasteiger charge is 2.26. The van der Waals surface area contributed by atoms with Crippen molar-refractivity contribution in [3.8, 4) is 5.75 Å². The fraction of sp³-hybridized carbons (Fsp3) is 0.364. The first-order valence-corrected chi connectivity index (χ1v) is 11.1. The third-order valence-corrected chi connectivity index (χ3v) is 6.31. The molecule has 0 unspecified atom stereocenters. The van der Waals surface area contributed by atoms with Gasteiger partial charge in [-0.25, -0.2) is 4.98 Å². The van der Waals surface area contributed by atoms with E-state index in [-0.39, 0.29) is 5.91 Å². The minimum Gasteiger partial charge on any atom is -0.492 e. The molecule has 1 amide bonds. The Hall–Kier alpha value is -2.48. The predicted octanol–water partition coefficient (Wildman–Crippen LogP) is 0.617. The summed E-state index contributed by atoms with van der Waals surface area (Å²) in [7, 11) is 0. The predicted molar refractivity (Wildman–Crippen MR) is 116 cm³/mol. The van der Waals surface area contributed by atoms with Crippen LogP contribution in [0.15, 0.2) is 48.5 Å². The lowest BCUT2D eigenvalue weighted by Crippen LogP contribution is -3.28. The summed E-state index contributed by atoms with van der Waals surface area (Å²) in [5, 5.41) is 4.21. The summed E-state index contributed by atoms with van der Waals surface area (Å²) in [6.45, 7) is 8.12. The topological polar surface area (TPSA) is 60.1 Å². The van der Waals surface area contributed by atoms with Crippen molar-refractivity contribution in [2.75, 3.05) is 44.6 Å². The number of anilines is 1. The van der Waals surface area contributed by atoms with Crippen molar-refractivity contribution >= 4 is 33.1 Å². The van der Waals surface area contributed by atoms with Crippen LogP contribution in [0.3, 0.4) is 0 Å². The average molecular weight is 413 g/mol. The number of hydrogen-bond acceptors (Lipinski definition) is 4. The molecule has 2 heterocycles. The van der Waals surface area contributed by atoms with Crippen LogP contribution in [0.4, 0.5) is 5.69 Å². The summed E-state index contributed by atoms with van der Waals surface area (Å²) >= 11 is 1.79. The number of piperazine rings is 1. The van der Waals surface area contributed by atoms with E-state index in [4.69, 9.17) is 9.72 Å². The Morgan fingerprint density at radius 2 is 1.79 bits per heavy atom. The fourth-order valence-corrected chi connectivity index (χ4v) is 4.83. The Bertz CT molecular complexity index is 933. The number of nitrogens with one attached hydrogen (secondary N) is 3. The Balaban J connectivity index is 1.26. The summed E-state index contributed by atoms with van der Waals surface area (Å²) in [6.07, 6.45) is 0. The maximum atomic E-state index is 12.5. The van der Waals surface area contributed by atoms with Crippen LogP contribution in [0.5, 0.6) is 5.75 Å². The van der Waals surface area contributed by atoms with Crippen LogP contribution >= 0.6 is 11.3 Å². The number of ether oxygens (including phenoxy) is 1. The number of hydrogen-bond donors (Lipinski definition) is 3. The number of nitrogens with zero attached hydrogens (tertiary/aromatic N) is 1. The first-order chi connectivity index (χ1) is 14.2. The summed E-state index contributed by atoms with van der Waals surface area (Å²) < 4.78 is 6.85. The van der Waals surface area contributed by atoms with E-state index in [0.29, 0.717) is 13.2 Å². The molecule has 29 heavy (non-hydrogen) atoms. The minimum atomic E-state index is 0.0433. The van der Waals surface area contributed by atoms with Crippen molar-refractivity contribution in [1.82, 2.24) is 4.98 Å². The van der Waals surface area contributed by atoms with Gasteiger partial charge in [0.05, 0.1) is 22.5 Å². The van der Waals surface area contributed by atoms with Gasteiger partial charge < -0.3 is 19.9 Å². The third kappa shape index (κ3) is 5.12. The van der Waals surface area contributed by atoms with Crippen molar-refractivity contribution in [3.05, 3.63) is 53.5 Å². The van der Waals surface area contributed by atoms with E-state index in [0.717, 1.165) is 49.7 Å². The zero-order chi connectivity index (χ0) is 20.1. The standard InChI is InChI=1S/C22H26N4O2S/c1-2-28-19-9-5-3-7-17(19)23-21(27)15-25-11-13-26(14-12-25)16-22-24-18-8-4-6-10-20(18)29-22/h3-10H,2,11-16H2,1H3,(H,23,27)/p+2. The number of rotatable bonds is 7. The second kappa shape index (κ2) is 9.35. The smallest absolute Gasteiger partial charge is 0.279 e. The molecule has 1 fully saturated rings. The summed E-state index contributed by atoms with van der Waals surface area (Å²) in [5.74, 6) is 0.769. The number of carbonyl (C=O) groups is 1. The van der Waals surface area contributed by atoms with E-state index < -0.39 is 0 Å². The third-order valence-electron chi connectivity index (χ3n) is 5.28. The van der Waals surface area contributed by atoms with Crippen molar-refractivity contribution in [2.45, 2.75) is 13.5 Å². The lowest BCUT2D eigenvalue weighted by Gasteiger charge is -2.28. The number of carbonyl (C=O) groups excluding carboxylic acids is 1. The van der Waals surface area contributed by atoms with E-state index in [1.54, 1.807) is 16.2 Å². The molecule has 1 aliphatic heterocycles. The Labute approximate surface area is 175 Å². The van der Waals surface area contributed by atoms with Gasteiger partial charge in [-0.05, 0) is 31.2 Å². The second-order valence-corrected chi connectivity index (χ2v) is 8.52. The van der Waals surface area contributed by atoms with Gasteiger partial charge in [0, 0.05) is 0 Å². The molecule has 4 rings (SSSR count). The van der Waals surface area contributed by atoms with Crippen LogP contribution in [0.25, 0.3) is 10.2 Å². The second-order valence-electron chi connectivity index (χ2n) is 7.41. The zero-order valence-electron chi connectivity index (χ0n) is 16.7. The molecule has 1 saturated heterocycles. The maximum Gasteiger partial charge on any atom is 0.279 e. The van der Waals surface area contributed by atoms with Crippen LogP contribution in [-0.4, -0.2) is 50.2 Å². The number of aromatic nitrogens is 1.